The molecule has 0 aliphatic carbocycles. The lowest BCUT2D eigenvalue weighted by Gasteiger charge is -2.21. The molecular weight excluding hydrogens is 238 g/mol. The fraction of sp³-hybridized carbons (Fsp3) is 0.125. The zero-order valence-corrected chi connectivity index (χ0v) is 11.0. The Morgan fingerprint density at radius 1 is 0.842 bits per heavy atom. The lowest BCUT2D eigenvalue weighted by Crippen LogP contribution is -2.22. The molecule has 0 bridgehead atoms. The van der Waals surface area contributed by atoms with Crippen LogP contribution in [-0.4, -0.2) is 11.7 Å². The molecule has 2 aromatic rings. The summed E-state index contributed by atoms with van der Waals surface area (Å²) < 4.78 is 0. The number of nitrogens with zero attached hydrogens (tertiary/aromatic N) is 1. The third-order valence-corrected chi connectivity index (χ3v) is 2.84. The Kier molecular flexibility index (Phi) is 3.76. The summed E-state index contributed by atoms with van der Waals surface area (Å²) in [4.78, 5) is 24.9. The number of anilines is 2. The van der Waals surface area contributed by atoms with Gasteiger partial charge < -0.3 is 0 Å². The molecule has 0 radical (unpaired) electrons. The molecule has 0 saturated heterocycles. The van der Waals surface area contributed by atoms with Gasteiger partial charge in [0.05, 0.1) is 0 Å². The Balaban J connectivity index is 2.49. The third-order valence-electron chi connectivity index (χ3n) is 2.84. The van der Waals surface area contributed by atoms with E-state index < -0.39 is 0 Å². The predicted molar refractivity (Wildman–Crippen MR) is 75.7 cm³/mol. The molecule has 2 rings (SSSR count). The molecule has 3 nitrogen and oxygen atoms in total. The smallest absolute Gasteiger partial charge is 0.228 e. The number of ketones is 1. The maximum Gasteiger partial charge on any atom is 0.228 e. The second kappa shape index (κ2) is 5.48. The van der Waals surface area contributed by atoms with Crippen molar-refractivity contribution < 1.29 is 9.59 Å². The van der Waals surface area contributed by atoms with Crippen LogP contribution in [-0.2, 0) is 4.79 Å². The van der Waals surface area contributed by atoms with Crippen LogP contribution in [0.3, 0.4) is 0 Å². The van der Waals surface area contributed by atoms with Gasteiger partial charge in [0.15, 0.2) is 5.78 Å². The first-order valence-corrected chi connectivity index (χ1v) is 6.06. The van der Waals surface area contributed by atoms with Gasteiger partial charge >= 0.3 is 0 Å². The molecule has 0 heterocycles. The maximum atomic E-state index is 11.9. The molecule has 0 spiro atoms. The summed E-state index contributed by atoms with van der Waals surface area (Å²) in [6.45, 7) is 3.02. The molecule has 0 saturated carbocycles. The molecular formula is C16H15NO2. The summed E-state index contributed by atoms with van der Waals surface area (Å²) in [5.74, 6) is -0.106. The summed E-state index contributed by atoms with van der Waals surface area (Å²) in [6.07, 6.45) is 0. The van der Waals surface area contributed by atoms with Crippen molar-refractivity contribution in [2.24, 2.45) is 0 Å². The van der Waals surface area contributed by atoms with Crippen LogP contribution < -0.4 is 4.90 Å². The average Bonchev–Trinajstić information content (AvgIpc) is 2.40. The van der Waals surface area contributed by atoms with Crippen molar-refractivity contribution in [1.82, 2.24) is 0 Å². The normalized spacial score (nSPS) is 10.0. The van der Waals surface area contributed by atoms with Gasteiger partial charge in [0, 0.05) is 23.9 Å². The second-order valence-electron chi connectivity index (χ2n) is 4.30. The Hall–Kier alpha value is -2.42. The van der Waals surface area contributed by atoms with Crippen LogP contribution >= 0.6 is 0 Å². The summed E-state index contributed by atoms with van der Waals surface area (Å²) in [6, 6.07) is 16.5. The van der Waals surface area contributed by atoms with E-state index in [0.29, 0.717) is 11.3 Å². The fourth-order valence-electron chi connectivity index (χ4n) is 1.95. The van der Waals surface area contributed by atoms with Gasteiger partial charge in [0.2, 0.25) is 5.91 Å². The molecule has 96 valence electrons. The number of para-hydroxylation sites is 1. The number of carbonyl (C=O) groups is 2. The fourth-order valence-corrected chi connectivity index (χ4v) is 1.95. The molecule has 0 fully saturated rings. The average molecular weight is 253 g/mol. The van der Waals surface area contributed by atoms with Crippen LogP contribution in [0.5, 0.6) is 0 Å². The molecule has 0 unspecified atom stereocenters. The van der Waals surface area contributed by atoms with Crippen molar-refractivity contribution in [1.29, 1.82) is 0 Å². The number of rotatable bonds is 3. The lowest BCUT2D eigenvalue weighted by atomic mass is 10.1. The number of amides is 1. The standard InChI is InChI=1S/C16H15NO2/c1-12(18)14-7-6-10-16(11-14)17(13(2)19)15-8-4-3-5-9-15/h3-11H,1-2H3. The summed E-state index contributed by atoms with van der Waals surface area (Å²) in [5, 5.41) is 0. The highest BCUT2D eigenvalue weighted by Gasteiger charge is 2.14. The largest absolute Gasteiger partial charge is 0.295 e. The van der Waals surface area contributed by atoms with Crippen molar-refractivity contribution in [3.8, 4) is 0 Å². The maximum absolute atomic E-state index is 11.9. The minimum Gasteiger partial charge on any atom is -0.295 e. The number of carbonyl (C=O) groups excluding carboxylic acids is 2. The lowest BCUT2D eigenvalue weighted by molar-refractivity contribution is -0.115. The molecule has 0 aromatic heterocycles. The van der Waals surface area contributed by atoms with Gasteiger partial charge in [0.1, 0.15) is 0 Å². The van der Waals surface area contributed by atoms with E-state index in [1.165, 1.54) is 13.8 Å². The van der Waals surface area contributed by atoms with E-state index in [0.717, 1.165) is 5.69 Å². The molecule has 3 heteroatoms. The number of benzene rings is 2. The summed E-state index contributed by atoms with van der Waals surface area (Å²) in [7, 11) is 0. The van der Waals surface area contributed by atoms with E-state index in [9.17, 15) is 9.59 Å². The Morgan fingerprint density at radius 3 is 2.05 bits per heavy atom. The van der Waals surface area contributed by atoms with Crippen LogP contribution in [0.4, 0.5) is 11.4 Å². The second-order valence-corrected chi connectivity index (χ2v) is 4.30. The van der Waals surface area contributed by atoms with Crippen LogP contribution in [0.25, 0.3) is 0 Å². The molecule has 0 aliphatic heterocycles. The highest BCUT2D eigenvalue weighted by Crippen LogP contribution is 2.26. The zero-order chi connectivity index (χ0) is 13.8. The number of hydrogen-bond acceptors (Lipinski definition) is 2. The van der Waals surface area contributed by atoms with Gasteiger partial charge in [0.25, 0.3) is 0 Å². The van der Waals surface area contributed by atoms with Crippen LogP contribution in [0.2, 0.25) is 0 Å². The first-order valence-electron chi connectivity index (χ1n) is 6.06. The van der Waals surface area contributed by atoms with Crippen molar-refractivity contribution in [3.05, 3.63) is 60.2 Å². The number of hydrogen-bond donors (Lipinski definition) is 0. The first-order chi connectivity index (χ1) is 9.09. The summed E-state index contributed by atoms with van der Waals surface area (Å²) in [5.41, 5.74) is 2.08. The van der Waals surface area contributed by atoms with Crippen LogP contribution in [0.15, 0.2) is 54.6 Å². The van der Waals surface area contributed by atoms with Gasteiger partial charge in [-0.2, -0.15) is 0 Å². The van der Waals surface area contributed by atoms with Gasteiger partial charge in [-0.05, 0) is 31.2 Å². The van der Waals surface area contributed by atoms with Crippen molar-refractivity contribution in [2.45, 2.75) is 13.8 Å². The van der Waals surface area contributed by atoms with E-state index in [-0.39, 0.29) is 11.7 Å². The molecule has 1 amide bonds. The van der Waals surface area contributed by atoms with Crippen molar-refractivity contribution >= 4 is 23.1 Å². The molecule has 0 N–H and O–H groups in total. The highest BCUT2D eigenvalue weighted by atomic mass is 16.2. The van der Waals surface area contributed by atoms with Gasteiger partial charge in [-0.3, -0.25) is 14.5 Å². The topological polar surface area (TPSA) is 37.4 Å². The molecule has 0 aliphatic rings. The van der Waals surface area contributed by atoms with E-state index in [4.69, 9.17) is 0 Å². The zero-order valence-electron chi connectivity index (χ0n) is 11.0. The van der Waals surface area contributed by atoms with E-state index in [1.54, 1.807) is 23.1 Å². The van der Waals surface area contributed by atoms with Crippen LogP contribution in [0.1, 0.15) is 24.2 Å². The minimum atomic E-state index is -0.0908. The molecule has 19 heavy (non-hydrogen) atoms. The van der Waals surface area contributed by atoms with E-state index in [2.05, 4.69) is 0 Å². The minimum absolute atomic E-state index is 0.0154. The number of Topliss-reactive ketones (excluding diaryl/α,β-unsaturated/α-hetero) is 1. The Labute approximate surface area is 112 Å². The molecule has 0 atom stereocenters. The van der Waals surface area contributed by atoms with Gasteiger partial charge in [-0.15, -0.1) is 0 Å². The molecule has 2 aromatic carbocycles. The summed E-state index contributed by atoms with van der Waals surface area (Å²) >= 11 is 0. The third kappa shape index (κ3) is 2.88. The predicted octanol–water partition coefficient (Wildman–Crippen LogP) is 3.57. The quantitative estimate of drug-likeness (QED) is 0.784. The Bertz CT molecular complexity index is 605. The van der Waals surface area contributed by atoms with E-state index in [1.807, 2.05) is 36.4 Å². The van der Waals surface area contributed by atoms with Gasteiger partial charge in [-0.25, -0.2) is 0 Å². The van der Waals surface area contributed by atoms with Crippen molar-refractivity contribution in [3.63, 3.8) is 0 Å². The van der Waals surface area contributed by atoms with Gasteiger partial charge in [-0.1, -0.05) is 30.3 Å². The van der Waals surface area contributed by atoms with E-state index >= 15 is 0 Å². The Morgan fingerprint density at radius 2 is 1.47 bits per heavy atom. The highest BCUT2D eigenvalue weighted by molar-refractivity contribution is 6.01. The van der Waals surface area contributed by atoms with Crippen LogP contribution in [0, 0.1) is 0 Å². The monoisotopic (exact) mass is 253 g/mol. The van der Waals surface area contributed by atoms with Crippen molar-refractivity contribution in [2.75, 3.05) is 4.90 Å². The SMILES string of the molecule is CC(=O)c1cccc(N(C(C)=O)c2ccccc2)c1. The first kappa shape index (κ1) is 13.0.